The topological polar surface area (TPSA) is 76.6 Å². The summed E-state index contributed by atoms with van der Waals surface area (Å²) in [5, 5.41) is 3.57. The first-order valence-corrected chi connectivity index (χ1v) is 10.2. The molecule has 0 bridgehead atoms. The van der Waals surface area contributed by atoms with Crippen LogP contribution >= 0.6 is 0 Å². The molecule has 1 amide bonds. The van der Waals surface area contributed by atoms with Crippen molar-refractivity contribution in [1.29, 1.82) is 0 Å². The van der Waals surface area contributed by atoms with Crippen LogP contribution in [0.2, 0.25) is 0 Å². The first-order valence-electron chi connectivity index (χ1n) is 10.2. The number of hydrogen-bond acceptors (Lipinski definition) is 6. The van der Waals surface area contributed by atoms with Gasteiger partial charge in [0.2, 0.25) is 0 Å². The summed E-state index contributed by atoms with van der Waals surface area (Å²) in [5.41, 5.74) is 2.33. The van der Waals surface area contributed by atoms with E-state index in [1.54, 1.807) is 38.4 Å². The molecule has 0 atom stereocenters. The van der Waals surface area contributed by atoms with Gasteiger partial charge in [-0.15, -0.1) is 0 Å². The molecule has 0 aliphatic rings. The number of nitrogens with zero attached hydrogens (tertiary/aromatic N) is 3. The SMILES string of the molecule is CNC(=O)c1ccc(Oc2cc(N(C)c3nc(C)nc4ccccc34)ccc2OC)cc1. The molecule has 4 aromatic rings. The van der Waals surface area contributed by atoms with Crippen LogP contribution in [-0.2, 0) is 0 Å². The maximum Gasteiger partial charge on any atom is 0.251 e. The maximum absolute atomic E-state index is 11.8. The van der Waals surface area contributed by atoms with Gasteiger partial charge < -0.3 is 19.7 Å². The molecule has 7 heteroatoms. The molecule has 4 rings (SSSR count). The summed E-state index contributed by atoms with van der Waals surface area (Å²) in [4.78, 5) is 23.0. The lowest BCUT2D eigenvalue weighted by Gasteiger charge is -2.22. The Balaban J connectivity index is 1.69. The van der Waals surface area contributed by atoms with Crippen LogP contribution in [0, 0.1) is 6.92 Å². The van der Waals surface area contributed by atoms with E-state index in [1.165, 1.54) is 0 Å². The Kier molecular flexibility index (Phi) is 5.89. The minimum absolute atomic E-state index is 0.148. The molecule has 0 spiro atoms. The van der Waals surface area contributed by atoms with Gasteiger partial charge in [0.1, 0.15) is 17.4 Å². The van der Waals surface area contributed by atoms with Crippen molar-refractivity contribution in [2.24, 2.45) is 0 Å². The Morgan fingerprint density at radius 2 is 1.72 bits per heavy atom. The minimum atomic E-state index is -0.148. The molecule has 0 aliphatic heterocycles. The summed E-state index contributed by atoms with van der Waals surface area (Å²) in [6.45, 7) is 1.88. The third-order valence-corrected chi connectivity index (χ3v) is 5.12. The van der Waals surface area contributed by atoms with E-state index < -0.39 is 0 Å². The van der Waals surface area contributed by atoms with E-state index in [0.29, 0.717) is 28.6 Å². The Hall–Kier alpha value is -4.13. The second-order valence-corrected chi connectivity index (χ2v) is 7.21. The fourth-order valence-electron chi connectivity index (χ4n) is 3.45. The van der Waals surface area contributed by atoms with Crippen LogP contribution in [0.25, 0.3) is 10.9 Å². The van der Waals surface area contributed by atoms with Crippen LogP contribution in [0.15, 0.2) is 66.7 Å². The van der Waals surface area contributed by atoms with Crippen molar-refractivity contribution in [3.63, 3.8) is 0 Å². The van der Waals surface area contributed by atoms with Gasteiger partial charge in [-0.05, 0) is 55.5 Å². The number of anilines is 2. The number of carbonyl (C=O) groups is 1. The largest absolute Gasteiger partial charge is 0.493 e. The Labute approximate surface area is 186 Å². The molecule has 162 valence electrons. The Morgan fingerprint density at radius 3 is 2.44 bits per heavy atom. The highest BCUT2D eigenvalue weighted by molar-refractivity contribution is 5.94. The third-order valence-electron chi connectivity index (χ3n) is 5.12. The maximum atomic E-state index is 11.8. The van der Waals surface area contributed by atoms with Crippen LogP contribution < -0.4 is 19.7 Å². The number of para-hydroxylation sites is 1. The number of aryl methyl sites for hydroxylation is 1. The normalized spacial score (nSPS) is 10.6. The highest BCUT2D eigenvalue weighted by atomic mass is 16.5. The van der Waals surface area contributed by atoms with Gasteiger partial charge in [-0.2, -0.15) is 0 Å². The van der Waals surface area contributed by atoms with Gasteiger partial charge in [0.15, 0.2) is 11.5 Å². The van der Waals surface area contributed by atoms with E-state index >= 15 is 0 Å². The number of hydrogen-bond donors (Lipinski definition) is 1. The molecule has 0 radical (unpaired) electrons. The molecule has 0 saturated carbocycles. The van der Waals surface area contributed by atoms with E-state index in [0.717, 1.165) is 22.4 Å². The average molecular weight is 428 g/mol. The van der Waals surface area contributed by atoms with Crippen molar-refractivity contribution in [3.8, 4) is 17.2 Å². The van der Waals surface area contributed by atoms with Gasteiger partial charge in [0, 0.05) is 36.8 Å². The molecule has 0 unspecified atom stereocenters. The lowest BCUT2D eigenvalue weighted by Crippen LogP contribution is -2.17. The van der Waals surface area contributed by atoms with E-state index in [4.69, 9.17) is 9.47 Å². The first-order chi connectivity index (χ1) is 15.5. The van der Waals surface area contributed by atoms with Crippen LogP contribution in [0.5, 0.6) is 17.2 Å². The third kappa shape index (κ3) is 4.18. The summed E-state index contributed by atoms with van der Waals surface area (Å²) >= 11 is 0. The number of amides is 1. The summed E-state index contributed by atoms with van der Waals surface area (Å²) in [5.74, 6) is 3.11. The van der Waals surface area contributed by atoms with Gasteiger partial charge in [0.25, 0.3) is 5.91 Å². The van der Waals surface area contributed by atoms with Gasteiger partial charge >= 0.3 is 0 Å². The highest BCUT2D eigenvalue weighted by Crippen LogP contribution is 2.37. The fourth-order valence-corrected chi connectivity index (χ4v) is 3.45. The van der Waals surface area contributed by atoms with Crippen LogP contribution in [0.3, 0.4) is 0 Å². The smallest absolute Gasteiger partial charge is 0.251 e. The molecule has 3 aromatic carbocycles. The summed E-state index contributed by atoms with van der Waals surface area (Å²) in [7, 11) is 5.15. The van der Waals surface area contributed by atoms with Crippen molar-refractivity contribution in [1.82, 2.24) is 15.3 Å². The van der Waals surface area contributed by atoms with Gasteiger partial charge in [0.05, 0.1) is 12.6 Å². The second-order valence-electron chi connectivity index (χ2n) is 7.21. The summed E-state index contributed by atoms with van der Waals surface area (Å²) < 4.78 is 11.6. The molecule has 1 N–H and O–H groups in total. The van der Waals surface area contributed by atoms with Crippen LogP contribution in [0.1, 0.15) is 16.2 Å². The second kappa shape index (κ2) is 8.93. The zero-order chi connectivity index (χ0) is 22.7. The van der Waals surface area contributed by atoms with Crippen molar-refractivity contribution in [3.05, 3.63) is 78.1 Å². The highest BCUT2D eigenvalue weighted by Gasteiger charge is 2.15. The predicted octanol–water partition coefficient (Wildman–Crippen LogP) is 4.87. The molecular weight excluding hydrogens is 404 g/mol. The Bertz CT molecular complexity index is 1270. The molecule has 1 heterocycles. The predicted molar refractivity (Wildman–Crippen MR) is 125 cm³/mol. The van der Waals surface area contributed by atoms with Gasteiger partial charge in [-0.3, -0.25) is 4.79 Å². The van der Waals surface area contributed by atoms with Crippen LogP contribution in [0.4, 0.5) is 11.5 Å². The monoisotopic (exact) mass is 428 g/mol. The summed E-state index contributed by atoms with van der Waals surface area (Å²) in [6, 6.07) is 20.6. The van der Waals surface area contributed by atoms with Crippen molar-refractivity contribution in [2.75, 3.05) is 26.1 Å². The zero-order valence-electron chi connectivity index (χ0n) is 18.4. The van der Waals surface area contributed by atoms with Gasteiger partial charge in [-0.1, -0.05) is 12.1 Å². The van der Waals surface area contributed by atoms with Crippen LogP contribution in [-0.4, -0.2) is 37.1 Å². The van der Waals surface area contributed by atoms with E-state index in [2.05, 4.69) is 15.3 Å². The van der Waals surface area contributed by atoms with Gasteiger partial charge in [-0.25, -0.2) is 9.97 Å². The van der Waals surface area contributed by atoms with Crippen molar-refractivity contribution in [2.45, 2.75) is 6.92 Å². The molecule has 7 nitrogen and oxygen atoms in total. The van der Waals surface area contributed by atoms with Crippen molar-refractivity contribution >= 4 is 28.3 Å². The molecule has 1 aromatic heterocycles. The number of nitrogens with one attached hydrogen (secondary N) is 1. The quantitative estimate of drug-likeness (QED) is 0.472. The number of benzene rings is 3. The number of methoxy groups -OCH3 is 1. The van der Waals surface area contributed by atoms with E-state index in [-0.39, 0.29) is 5.91 Å². The number of rotatable bonds is 6. The molecule has 0 aliphatic carbocycles. The number of fused-ring (bicyclic) bond motifs is 1. The van der Waals surface area contributed by atoms with E-state index in [9.17, 15) is 4.79 Å². The molecule has 0 saturated heterocycles. The average Bonchev–Trinajstić information content (AvgIpc) is 2.83. The first kappa shape index (κ1) is 21.1. The lowest BCUT2D eigenvalue weighted by atomic mass is 10.2. The summed E-state index contributed by atoms with van der Waals surface area (Å²) in [6.07, 6.45) is 0. The fraction of sp³-hybridized carbons (Fsp3) is 0.160. The number of aromatic nitrogens is 2. The molecule has 32 heavy (non-hydrogen) atoms. The Morgan fingerprint density at radius 1 is 0.969 bits per heavy atom. The van der Waals surface area contributed by atoms with Crippen molar-refractivity contribution < 1.29 is 14.3 Å². The molecular formula is C25H24N4O3. The standard InChI is InChI=1S/C25H24N4O3/c1-16-27-21-8-6-5-7-20(21)24(28-16)29(3)18-11-14-22(31-4)23(15-18)32-19-12-9-17(10-13-19)25(30)26-2/h5-15H,1-4H3,(H,26,30). The number of ether oxygens (including phenoxy) is 2. The number of carbonyl (C=O) groups excluding carboxylic acids is 1. The zero-order valence-corrected chi connectivity index (χ0v) is 18.4. The lowest BCUT2D eigenvalue weighted by molar-refractivity contribution is 0.0963. The minimum Gasteiger partial charge on any atom is -0.493 e. The van der Waals surface area contributed by atoms with E-state index in [1.807, 2.05) is 61.3 Å². The molecule has 0 fully saturated rings.